The van der Waals surface area contributed by atoms with Gasteiger partial charge in [0.1, 0.15) is 0 Å². The van der Waals surface area contributed by atoms with Gasteiger partial charge in [0.15, 0.2) is 0 Å². The molecule has 1 saturated heterocycles. The standard InChI is InChI=1S/C11H14Cl2N2/c1-15-5-7(10(14)6-15)11-8(12)3-2-4-9(11)13/h2-4,7,10H,5-6,14H2,1H3. The second-order valence-corrected chi connectivity index (χ2v) is 4.94. The first kappa shape index (κ1) is 11.2. The SMILES string of the molecule is CN1CC(N)C(c2c(Cl)cccc2Cl)C1. The normalized spacial score (nSPS) is 27.2. The molecule has 1 aromatic rings. The Balaban J connectivity index is 2.37. The summed E-state index contributed by atoms with van der Waals surface area (Å²) < 4.78 is 0. The molecule has 1 aliphatic rings. The van der Waals surface area contributed by atoms with E-state index < -0.39 is 0 Å². The van der Waals surface area contributed by atoms with E-state index in [9.17, 15) is 0 Å². The summed E-state index contributed by atoms with van der Waals surface area (Å²) in [6.07, 6.45) is 0. The molecule has 2 nitrogen and oxygen atoms in total. The first-order valence-corrected chi connectivity index (χ1v) is 5.73. The summed E-state index contributed by atoms with van der Waals surface area (Å²) in [6, 6.07) is 5.72. The molecule has 2 unspecified atom stereocenters. The number of benzene rings is 1. The highest BCUT2D eigenvalue weighted by Gasteiger charge is 2.31. The Kier molecular flexibility index (Phi) is 3.21. The predicted molar refractivity (Wildman–Crippen MR) is 64.7 cm³/mol. The third-order valence-corrected chi connectivity index (χ3v) is 3.58. The van der Waals surface area contributed by atoms with Crippen molar-refractivity contribution in [2.75, 3.05) is 20.1 Å². The maximum absolute atomic E-state index is 6.16. The van der Waals surface area contributed by atoms with Crippen LogP contribution in [0.5, 0.6) is 0 Å². The minimum absolute atomic E-state index is 0.118. The Bertz CT molecular complexity index is 347. The molecule has 4 heteroatoms. The van der Waals surface area contributed by atoms with Crippen LogP contribution in [0, 0.1) is 0 Å². The average molecular weight is 245 g/mol. The monoisotopic (exact) mass is 244 g/mol. The summed E-state index contributed by atoms with van der Waals surface area (Å²) >= 11 is 12.3. The van der Waals surface area contributed by atoms with Gasteiger partial charge in [0.25, 0.3) is 0 Å². The van der Waals surface area contributed by atoms with Crippen LogP contribution < -0.4 is 5.73 Å². The van der Waals surface area contributed by atoms with Crippen LogP contribution in [0.2, 0.25) is 10.0 Å². The number of rotatable bonds is 1. The van der Waals surface area contributed by atoms with E-state index in [0.717, 1.165) is 28.7 Å². The number of hydrogen-bond donors (Lipinski definition) is 1. The average Bonchev–Trinajstić information content (AvgIpc) is 2.45. The summed E-state index contributed by atoms with van der Waals surface area (Å²) in [7, 11) is 2.06. The number of halogens is 2. The van der Waals surface area contributed by atoms with Crippen LogP contribution in [-0.4, -0.2) is 31.1 Å². The quantitative estimate of drug-likeness (QED) is 0.822. The molecule has 0 aliphatic carbocycles. The van der Waals surface area contributed by atoms with Crippen molar-refractivity contribution in [3.8, 4) is 0 Å². The van der Waals surface area contributed by atoms with E-state index >= 15 is 0 Å². The Labute approximate surface area is 100.0 Å². The summed E-state index contributed by atoms with van der Waals surface area (Å²) in [5, 5.41) is 1.44. The molecule has 82 valence electrons. The number of likely N-dealkylation sites (tertiary alicyclic amines) is 1. The fourth-order valence-electron chi connectivity index (χ4n) is 2.20. The Morgan fingerprint density at radius 1 is 1.27 bits per heavy atom. The van der Waals surface area contributed by atoms with Crippen LogP contribution in [0.4, 0.5) is 0 Å². The maximum atomic E-state index is 6.16. The number of hydrogen-bond acceptors (Lipinski definition) is 2. The molecule has 0 saturated carbocycles. The van der Waals surface area contributed by atoms with E-state index in [-0.39, 0.29) is 12.0 Å². The molecule has 15 heavy (non-hydrogen) atoms. The van der Waals surface area contributed by atoms with Gasteiger partial charge in [-0.3, -0.25) is 0 Å². The molecule has 1 heterocycles. The van der Waals surface area contributed by atoms with Gasteiger partial charge in [-0.15, -0.1) is 0 Å². The molecule has 0 amide bonds. The van der Waals surface area contributed by atoms with Crippen molar-refractivity contribution in [1.29, 1.82) is 0 Å². The maximum Gasteiger partial charge on any atom is 0.0456 e. The van der Waals surface area contributed by atoms with Crippen molar-refractivity contribution in [3.05, 3.63) is 33.8 Å². The molecule has 0 aromatic heterocycles. The third-order valence-electron chi connectivity index (χ3n) is 2.92. The lowest BCUT2D eigenvalue weighted by Crippen LogP contribution is -2.28. The Hall–Kier alpha value is -0.280. The van der Waals surface area contributed by atoms with Crippen molar-refractivity contribution in [1.82, 2.24) is 4.90 Å². The van der Waals surface area contributed by atoms with Crippen LogP contribution in [0.1, 0.15) is 11.5 Å². The lowest BCUT2D eigenvalue weighted by molar-refractivity contribution is 0.408. The zero-order valence-corrected chi connectivity index (χ0v) is 10.1. The van der Waals surface area contributed by atoms with Gasteiger partial charge in [0, 0.05) is 35.1 Å². The van der Waals surface area contributed by atoms with Gasteiger partial charge in [0.2, 0.25) is 0 Å². The molecule has 0 spiro atoms. The highest BCUT2D eigenvalue weighted by Crippen LogP contribution is 2.35. The molecular formula is C11H14Cl2N2. The van der Waals surface area contributed by atoms with Crippen molar-refractivity contribution < 1.29 is 0 Å². The lowest BCUT2D eigenvalue weighted by Gasteiger charge is -2.17. The van der Waals surface area contributed by atoms with Crippen LogP contribution in [0.25, 0.3) is 0 Å². The number of likely N-dealkylation sites (N-methyl/N-ethyl adjacent to an activating group) is 1. The summed E-state index contributed by atoms with van der Waals surface area (Å²) in [5.41, 5.74) is 7.08. The smallest absolute Gasteiger partial charge is 0.0456 e. The van der Waals surface area contributed by atoms with Gasteiger partial charge in [-0.1, -0.05) is 29.3 Å². The third kappa shape index (κ3) is 2.13. The van der Waals surface area contributed by atoms with Crippen molar-refractivity contribution in [2.45, 2.75) is 12.0 Å². The van der Waals surface area contributed by atoms with Gasteiger partial charge in [-0.25, -0.2) is 0 Å². The molecule has 2 rings (SSSR count). The van der Waals surface area contributed by atoms with Gasteiger partial charge >= 0.3 is 0 Å². The van der Waals surface area contributed by atoms with Crippen LogP contribution in [-0.2, 0) is 0 Å². The van der Waals surface area contributed by atoms with E-state index in [1.807, 2.05) is 18.2 Å². The summed E-state index contributed by atoms with van der Waals surface area (Å²) in [4.78, 5) is 2.20. The predicted octanol–water partition coefficient (Wildman–Crippen LogP) is 2.35. The second kappa shape index (κ2) is 4.30. The molecule has 1 aromatic carbocycles. The number of nitrogens with two attached hydrogens (primary N) is 1. The lowest BCUT2D eigenvalue weighted by atomic mass is 9.95. The highest BCUT2D eigenvalue weighted by molar-refractivity contribution is 6.36. The van der Waals surface area contributed by atoms with E-state index in [1.165, 1.54) is 0 Å². The van der Waals surface area contributed by atoms with E-state index in [0.29, 0.717) is 0 Å². The van der Waals surface area contributed by atoms with Gasteiger partial charge in [-0.05, 0) is 24.7 Å². The van der Waals surface area contributed by atoms with E-state index in [2.05, 4.69) is 11.9 Å². The molecule has 1 aliphatic heterocycles. The fourth-order valence-corrected chi connectivity index (χ4v) is 2.88. The first-order valence-electron chi connectivity index (χ1n) is 4.97. The molecule has 2 atom stereocenters. The first-order chi connectivity index (χ1) is 7.09. The van der Waals surface area contributed by atoms with Crippen LogP contribution >= 0.6 is 23.2 Å². The largest absolute Gasteiger partial charge is 0.326 e. The highest BCUT2D eigenvalue weighted by atomic mass is 35.5. The molecule has 1 fully saturated rings. The van der Waals surface area contributed by atoms with Gasteiger partial charge in [-0.2, -0.15) is 0 Å². The molecular weight excluding hydrogens is 231 g/mol. The second-order valence-electron chi connectivity index (χ2n) is 4.13. The van der Waals surface area contributed by atoms with Gasteiger partial charge in [0.05, 0.1) is 0 Å². The van der Waals surface area contributed by atoms with Crippen LogP contribution in [0.15, 0.2) is 18.2 Å². The topological polar surface area (TPSA) is 29.3 Å². The van der Waals surface area contributed by atoms with E-state index in [1.54, 1.807) is 0 Å². The summed E-state index contributed by atoms with van der Waals surface area (Å²) in [6.45, 7) is 1.82. The van der Waals surface area contributed by atoms with E-state index in [4.69, 9.17) is 28.9 Å². The minimum atomic E-state index is 0.118. The Morgan fingerprint density at radius 2 is 1.87 bits per heavy atom. The van der Waals surface area contributed by atoms with Crippen molar-refractivity contribution >= 4 is 23.2 Å². The Morgan fingerprint density at radius 3 is 2.33 bits per heavy atom. The number of nitrogens with zero attached hydrogens (tertiary/aromatic N) is 1. The fraction of sp³-hybridized carbons (Fsp3) is 0.455. The van der Waals surface area contributed by atoms with Crippen LogP contribution in [0.3, 0.4) is 0 Å². The molecule has 2 N–H and O–H groups in total. The van der Waals surface area contributed by atoms with Gasteiger partial charge < -0.3 is 10.6 Å². The zero-order chi connectivity index (χ0) is 11.0. The van der Waals surface area contributed by atoms with Crippen molar-refractivity contribution in [3.63, 3.8) is 0 Å². The zero-order valence-electron chi connectivity index (χ0n) is 8.58. The summed E-state index contributed by atoms with van der Waals surface area (Å²) in [5.74, 6) is 0.246. The molecule has 0 radical (unpaired) electrons. The molecule has 0 bridgehead atoms. The minimum Gasteiger partial charge on any atom is -0.326 e. The van der Waals surface area contributed by atoms with Crippen molar-refractivity contribution in [2.24, 2.45) is 5.73 Å².